The third-order valence-electron chi connectivity index (χ3n) is 4.68. The average molecular weight is 449 g/mol. The van der Waals surface area contributed by atoms with Gasteiger partial charge in [0.1, 0.15) is 11.5 Å². The number of anilines is 1. The van der Waals surface area contributed by atoms with E-state index in [0.717, 1.165) is 11.6 Å². The molecule has 0 radical (unpaired) electrons. The zero-order valence-corrected chi connectivity index (χ0v) is 16.8. The van der Waals surface area contributed by atoms with Crippen LogP contribution >= 0.6 is 0 Å². The molecule has 0 saturated heterocycles. The number of hydrogen-bond donors (Lipinski definition) is 1. The summed E-state index contributed by atoms with van der Waals surface area (Å²) in [7, 11) is -4.43. The molecule has 1 N–H and O–H groups in total. The van der Waals surface area contributed by atoms with Crippen LogP contribution in [-0.2, 0) is 16.2 Å². The first kappa shape index (κ1) is 20.9. The van der Waals surface area contributed by atoms with Gasteiger partial charge in [0.2, 0.25) is 0 Å². The summed E-state index contributed by atoms with van der Waals surface area (Å²) in [6.07, 6.45) is -1.51. The number of hydrogen-bond acceptors (Lipinski definition) is 3. The van der Waals surface area contributed by atoms with Crippen LogP contribution in [0.5, 0.6) is 0 Å². The summed E-state index contributed by atoms with van der Waals surface area (Å²) < 4.78 is 82.2. The van der Waals surface area contributed by atoms with Gasteiger partial charge in [-0.25, -0.2) is 17.8 Å². The Morgan fingerprint density at radius 3 is 2.48 bits per heavy atom. The molecule has 0 bridgehead atoms. The molecule has 2 aromatic heterocycles. The number of fused-ring (bicyclic) bond motifs is 1. The second kappa shape index (κ2) is 7.38. The first-order valence-electron chi connectivity index (χ1n) is 8.99. The number of imidazole rings is 1. The molecule has 160 valence electrons. The lowest BCUT2D eigenvalue weighted by atomic mass is 10.1. The molecule has 31 heavy (non-hydrogen) atoms. The van der Waals surface area contributed by atoms with Crippen molar-refractivity contribution in [3.05, 3.63) is 83.9 Å². The Morgan fingerprint density at radius 1 is 1.03 bits per heavy atom. The highest BCUT2D eigenvalue weighted by Crippen LogP contribution is 2.34. The van der Waals surface area contributed by atoms with Crippen LogP contribution in [0.25, 0.3) is 16.9 Å². The highest BCUT2D eigenvalue weighted by atomic mass is 32.2. The molecular weight excluding hydrogens is 434 g/mol. The Morgan fingerprint density at radius 2 is 1.77 bits per heavy atom. The minimum Gasteiger partial charge on any atom is -0.306 e. The molecule has 4 aromatic rings. The Bertz CT molecular complexity index is 1400. The van der Waals surface area contributed by atoms with E-state index in [9.17, 15) is 26.0 Å². The van der Waals surface area contributed by atoms with Crippen molar-refractivity contribution >= 4 is 21.4 Å². The SMILES string of the molecule is Cc1cccn2cc(-c3ccccc3NS(=O)(=O)c3ccc(F)c(C(F)(F)F)c3)nc12. The average Bonchev–Trinajstić information content (AvgIpc) is 3.13. The minimum absolute atomic E-state index is 0.126. The Balaban J connectivity index is 1.76. The van der Waals surface area contributed by atoms with Gasteiger partial charge in [-0.15, -0.1) is 0 Å². The van der Waals surface area contributed by atoms with Gasteiger partial charge in [0.05, 0.1) is 21.8 Å². The number of aromatic nitrogens is 2. The van der Waals surface area contributed by atoms with E-state index in [0.29, 0.717) is 23.0 Å². The highest BCUT2D eigenvalue weighted by molar-refractivity contribution is 7.92. The maximum atomic E-state index is 13.6. The van der Waals surface area contributed by atoms with Gasteiger partial charge in [-0.2, -0.15) is 13.2 Å². The van der Waals surface area contributed by atoms with E-state index < -0.39 is 32.5 Å². The van der Waals surface area contributed by atoms with E-state index >= 15 is 0 Å². The normalized spacial score (nSPS) is 12.3. The van der Waals surface area contributed by atoms with Crippen molar-refractivity contribution in [1.29, 1.82) is 0 Å². The van der Waals surface area contributed by atoms with Crippen LogP contribution in [0, 0.1) is 12.7 Å². The number of aryl methyl sites for hydroxylation is 1. The van der Waals surface area contributed by atoms with Gasteiger partial charge >= 0.3 is 6.18 Å². The van der Waals surface area contributed by atoms with Crippen molar-refractivity contribution in [2.24, 2.45) is 0 Å². The number of nitrogens with one attached hydrogen (secondary N) is 1. The number of rotatable bonds is 4. The molecule has 0 aliphatic heterocycles. The van der Waals surface area contributed by atoms with Crippen LogP contribution in [0.15, 0.2) is 71.9 Å². The van der Waals surface area contributed by atoms with Crippen LogP contribution in [0.4, 0.5) is 23.2 Å². The van der Waals surface area contributed by atoms with E-state index in [1.165, 1.54) is 6.07 Å². The van der Waals surface area contributed by atoms with Crippen molar-refractivity contribution in [3.63, 3.8) is 0 Å². The summed E-state index contributed by atoms with van der Waals surface area (Å²) in [5.41, 5.74) is 0.984. The Hall–Kier alpha value is -3.40. The minimum atomic E-state index is -5.03. The molecule has 0 unspecified atom stereocenters. The van der Waals surface area contributed by atoms with E-state index in [1.807, 2.05) is 19.1 Å². The third kappa shape index (κ3) is 3.98. The molecule has 0 fully saturated rings. The number of pyridine rings is 1. The molecule has 5 nitrogen and oxygen atoms in total. The lowest BCUT2D eigenvalue weighted by Gasteiger charge is -2.13. The van der Waals surface area contributed by atoms with Gasteiger partial charge < -0.3 is 4.40 Å². The largest absolute Gasteiger partial charge is 0.419 e. The van der Waals surface area contributed by atoms with E-state index in [2.05, 4.69) is 9.71 Å². The van der Waals surface area contributed by atoms with Crippen molar-refractivity contribution in [3.8, 4) is 11.3 Å². The van der Waals surface area contributed by atoms with Crippen LogP contribution in [0.3, 0.4) is 0 Å². The van der Waals surface area contributed by atoms with Gasteiger partial charge in [0.25, 0.3) is 10.0 Å². The standard InChI is InChI=1S/C21H15F4N3O2S/c1-13-5-4-10-28-12-19(26-20(13)28)15-6-2-3-7-18(15)27-31(29,30)14-8-9-17(22)16(11-14)21(23,24)25/h2-12,27H,1H3. The lowest BCUT2D eigenvalue weighted by Crippen LogP contribution is -2.16. The highest BCUT2D eigenvalue weighted by Gasteiger charge is 2.35. The maximum Gasteiger partial charge on any atom is 0.419 e. The van der Waals surface area contributed by atoms with E-state index in [-0.39, 0.29) is 11.8 Å². The third-order valence-corrected chi connectivity index (χ3v) is 6.04. The molecular formula is C21H15F4N3O2S. The van der Waals surface area contributed by atoms with Gasteiger partial charge in [-0.1, -0.05) is 24.3 Å². The number of halogens is 4. The summed E-state index contributed by atoms with van der Waals surface area (Å²) in [6.45, 7) is 1.88. The number of para-hydroxylation sites is 1. The summed E-state index contributed by atoms with van der Waals surface area (Å²) in [5, 5.41) is 0. The molecule has 0 amide bonds. The molecule has 0 aliphatic rings. The zero-order chi connectivity index (χ0) is 22.4. The van der Waals surface area contributed by atoms with Gasteiger partial charge in [-0.3, -0.25) is 4.72 Å². The molecule has 0 spiro atoms. The predicted molar refractivity (Wildman–Crippen MR) is 108 cm³/mol. The van der Waals surface area contributed by atoms with Crippen LogP contribution in [0.2, 0.25) is 0 Å². The molecule has 0 atom stereocenters. The predicted octanol–water partition coefficient (Wildman–Crippen LogP) is 5.27. The van der Waals surface area contributed by atoms with E-state index in [1.54, 1.807) is 35.0 Å². The zero-order valence-electron chi connectivity index (χ0n) is 16.0. The van der Waals surface area contributed by atoms with Crippen molar-refractivity contribution < 1.29 is 26.0 Å². The first-order valence-corrected chi connectivity index (χ1v) is 10.5. The van der Waals surface area contributed by atoms with Gasteiger partial charge in [0.15, 0.2) is 0 Å². The number of nitrogens with zero attached hydrogens (tertiary/aromatic N) is 2. The lowest BCUT2D eigenvalue weighted by molar-refractivity contribution is -0.140. The second-order valence-corrected chi connectivity index (χ2v) is 8.52. The number of alkyl halides is 3. The van der Waals surface area contributed by atoms with Crippen molar-refractivity contribution in [2.45, 2.75) is 18.0 Å². The second-order valence-electron chi connectivity index (χ2n) is 6.84. The summed E-state index contributed by atoms with van der Waals surface area (Å²) in [5.74, 6) is -1.55. The Labute approximate surface area is 175 Å². The quantitative estimate of drug-likeness (QED) is 0.432. The smallest absolute Gasteiger partial charge is 0.306 e. The number of sulfonamides is 1. The number of benzene rings is 2. The van der Waals surface area contributed by atoms with E-state index in [4.69, 9.17) is 0 Å². The molecule has 0 saturated carbocycles. The maximum absolute atomic E-state index is 13.6. The summed E-state index contributed by atoms with van der Waals surface area (Å²) in [6, 6.07) is 11.6. The summed E-state index contributed by atoms with van der Waals surface area (Å²) >= 11 is 0. The molecule has 0 aliphatic carbocycles. The van der Waals surface area contributed by atoms with Crippen LogP contribution in [0.1, 0.15) is 11.1 Å². The van der Waals surface area contributed by atoms with Gasteiger partial charge in [0, 0.05) is 18.0 Å². The molecule has 2 heterocycles. The monoisotopic (exact) mass is 449 g/mol. The van der Waals surface area contributed by atoms with Crippen LogP contribution < -0.4 is 4.72 Å². The molecule has 10 heteroatoms. The molecule has 2 aromatic carbocycles. The van der Waals surface area contributed by atoms with Crippen molar-refractivity contribution in [1.82, 2.24) is 9.38 Å². The van der Waals surface area contributed by atoms with Gasteiger partial charge in [-0.05, 0) is 42.8 Å². The first-order chi connectivity index (χ1) is 14.6. The summed E-state index contributed by atoms with van der Waals surface area (Å²) in [4.78, 5) is 3.83. The fourth-order valence-corrected chi connectivity index (χ4v) is 4.28. The Kier molecular flexibility index (Phi) is 4.97. The fourth-order valence-electron chi connectivity index (χ4n) is 3.17. The van der Waals surface area contributed by atoms with Crippen molar-refractivity contribution in [2.75, 3.05) is 4.72 Å². The fraction of sp³-hybridized carbons (Fsp3) is 0.0952. The topological polar surface area (TPSA) is 63.5 Å². The van der Waals surface area contributed by atoms with Crippen LogP contribution in [-0.4, -0.2) is 17.8 Å². The molecule has 4 rings (SSSR count).